The lowest BCUT2D eigenvalue weighted by atomic mass is 10.1. The van der Waals surface area contributed by atoms with Crippen LogP contribution in [0, 0.1) is 0 Å². The van der Waals surface area contributed by atoms with E-state index < -0.39 is 0 Å². The van der Waals surface area contributed by atoms with Gasteiger partial charge < -0.3 is 20.1 Å². The summed E-state index contributed by atoms with van der Waals surface area (Å²) in [5.41, 5.74) is 1.61. The average molecular weight is 206 g/mol. The Morgan fingerprint density at radius 2 is 1.93 bits per heavy atom. The number of fused-ring (bicyclic) bond motifs is 2. The number of carbonyl (C=O) groups excluding carboxylic acids is 1. The van der Waals surface area contributed by atoms with E-state index in [0.29, 0.717) is 11.5 Å². The van der Waals surface area contributed by atoms with E-state index in [0.717, 1.165) is 11.4 Å². The number of nitrogens with one attached hydrogen (secondary N) is 2. The molecule has 2 heterocycles. The van der Waals surface area contributed by atoms with Crippen LogP contribution in [0.5, 0.6) is 11.5 Å². The van der Waals surface area contributed by atoms with Crippen LogP contribution in [-0.2, 0) is 4.79 Å². The fraction of sp³-hybridized carbons (Fsp3) is 0.300. The van der Waals surface area contributed by atoms with Crippen LogP contribution < -0.4 is 20.1 Å². The summed E-state index contributed by atoms with van der Waals surface area (Å²) in [4.78, 5) is 11.4. The molecule has 0 aliphatic carbocycles. The molecule has 15 heavy (non-hydrogen) atoms. The Morgan fingerprint density at radius 1 is 1.27 bits per heavy atom. The highest BCUT2D eigenvalue weighted by Crippen LogP contribution is 2.40. The molecule has 2 N–H and O–H groups in total. The zero-order chi connectivity index (χ0) is 10.4. The van der Waals surface area contributed by atoms with E-state index in [9.17, 15) is 4.79 Å². The van der Waals surface area contributed by atoms with Gasteiger partial charge in [-0.2, -0.15) is 0 Å². The molecule has 3 rings (SSSR count). The molecule has 5 nitrogen and oxygen atoms in total. The van der Waals surface area contributed by atoms with Gasteiger partial charge in [0.05, 0.1) is 11.4 Å². The van der Waals surface area contributed by atoms with Crippen LogP contribution in [0.15, 0.2) is 12.1 Å². The molecule has 1 aromatic carbocycles. The zero-order valence-corrected chi connectivity index (χ0v) is 8.16. The third-order valence-electron chi connectivity index (χ3n) is 2.54. The first kappa shape index (κ1) is 8.40. The second kappa shape index (κ2) is 2.79. The molecule has 0 radical (unpaired) electrons. The maximum atomic E-state index is 11.4. The third-order valence-corrected chi connectivity index (χ3v) is 2.54. The fourth-order valence-corrected chi connectivity index (χ4v) is 1.70. The minimum Gasteiger partial charge on any atom is -0.454 e. The highest BCUT2D eigenvalue weighted by Gasteiger charge is 2.25. The van der Waals surface area contributed by atoms with Crippen molar-refractivity contribution in [3.05, 3.63) is 12.1 Å². The van der Waals surface area contributed by atoms with Crippen molar-refractivity contribution >= 4 is 17.3 Å². The summed E-state index contributed by atoms with van der Waals surface area (Å²) in [6, 6.07) is 3.39. The lowest BCUT2D eigenvalue weighted by molar-refractivity contribution is -0.116. The monoisotopic (exact) mass is 206 g/mol. The first-order chi connectivity index (χ1) is 7.24. The van der Waals surface area contributed by atoms with E-state index in [1.807, 2.05) is 13.0 Å². The fourth-order valence-electron chi connectivity index (χ4n) is 1.70. The largest absolute Gasteiger partial charge is 0.454 e. The van der Waals surface area contributed by atoms with Gasteiger partial charge in [-0.1, -0.05) is 0 Å². The molecule has 5 heteroatoms. The number of benzene rings is 1. The molecule has 0 fully saturated rings. The standard InChI is InChI=1S/C10H10N2O3/c1-5-10(13)12-7-3-9-8(14-4-15-9)2-6(7)11-5/h2-3,5,11H,4H2,1H3,(H,12,13). The Bertz CT molecular complexity index is 445. The van der Waals surface area contributed by atoms with Crippen LogP contribution in [0.25, 0.3) is 0 Å². The number of hydrogen-bond acceptors (Lipinski definition) is 4. The van der Waals surface area contributed by atoms with Gasteiger partial charge in [-0.05, 0) is 6.92 Å². The van der Waals surface area contributed by atoms with Gasteiger partial charge in [0, 0.05) is 12.1 Å². The molecular formula is C10H10N2O3. The molecule has 0 saturated heterocycles. The van der Waals surface area contributed by atoms with E-state index in [1.54, 1.807) is 6.07 Å². The quantitative estimate of drug-likeness (QED) is 0.669. The molecule has 1 amide bonds. The molecule has 2 aliphatic rings. The Hall–Kier alpha value is -1.91. The highest BCUT2D eigenvalue weighted by atomic mass is 16.7. The van der Waals surface area contributed by atoms with Crippen molar-refractivity contribution < 1.29 is 14.3 Å². The maximum Gasteiger partial charge on any atom is 0.246 e. The minimum atomic E-state index is -0.224. The summed E-state index contributed by atoms with van der Waals surface area (Å²) < 4.78 is 10.5. The van der Waals surface area contributed by atoms with Crippen LogP contribution in [0.3, 0.4) is 0 Å². The molecule has 2 aliphatic heterocycles. The molecule has 1 atom stereocenters. The summed E-state index contributed by atoms with van der Waals surface area (Å²) in [6.45, 7) is 2.05. The molecular weight excluding hydrogens is 196 g/mol. The zero-order valence-electron chi connectivity index (χ0n) is 8.16. The van der Waals surface area contributed by atoms with E-state index in [2.05, 4.69) is 10.6 Å². The topological polar surface area (TPSA) is 59.6 Å². The van der Waals surface area contributed by atoms with Gasteiger partial charge in [0.25, 0.3) is 0 Å². The van der Waals surface area contributed by atoms with Crippen LogP contribution in [0.4, 0.5) is 11.4 Å². The van der Waals surface area contributed by atoms with Crippen LogP contribution in [0.2, 0.25) is 0 Å². The molecule has 0 spiro atoms. The van der Waals surface area contributed by atoms with Gasteiger partial charge >= 0.3 is 0 Å². The summed E-state index contributed by atoms with van der Waals surface area (Å²) in [6.07, 6.45) is 0. The van der Waals surface area contributed by atoms with Crippen molar-refractivity contribution in [3.8, 4) is 11.5 Å². The van der Waals surface area contributed by atoms with Crippen molar-refractivity contribution in [3.63, 3.8) is 0 Å². The van der Waals surface area contributed by atoms with Crippen molar-refractivity contribution in [1.29, 1.82) is 0 Å². The summed E-state index contributed by atoms with van der Waals surface area (Å²) in [5.74, 6) is 1.34. The number of amides is 1. The predicted molar refractivity (Wildman–Crippen MR) is 54.3 cm³/mol. The Morgan fingerprint density at radius 3 is 2.67 bits per heavy atom. The van der Waals surface area contributed by atoms with E-state index in [-0.39, 0.29) is 18.7 Å². The first-order valence-corrected chi connectivity index (χ1v) is 4.75. The average Bonchev–Trinajstić information content (AvgIpc) is 2.63. The molecule has 0 aromatic heterocycles. The van der Waals surface area contributed by atoms with Gasteiger partial charge in [-0.3, -0.25) is 4.79 Å². The molecule has 0 bridgehead atoms. The van der Waals surface area contributed by atoms with Gasteiger partial charge in [-0.25, -0.2) is 0 Å². The van der Waals surface area contributed by atoms with Gasteiger partial charge in [-0.15, -0.1) is 0 Å². The van der Waals surface area contributed by atoms with E-state index in [1.165, 1.54) is 0 Å². The number of ether oxygens (including phenoxy) is 2. The maximum absolute atomic E-state index is 11.4. The van der Waals surface area contributed by atoms with Crippen LogP contribution in [-0.4, -0.2) is 18.7 Å². The Kier molecular flexibility index (Phi) is 1.56. The normalized spacial score (nSPS) is 21.7. The van der Waals surface area contributed by atoms with Gasteiger partial charge in [0.15, 0.2) is 11.5 Å². The Balaban J connectivity index is 2.07. The number of rotatable bonds is 0. The summed E-state index contributed by atoms with van der Waals surface area (Å²) in [7, 11) is 0. The highest BCUT2D eigenvalue weighted by molar-refractivity contribution is 6.03. The Labute approximate surface area is 86.4 Å². The predicted octanol–water partition coefficient (Wildman–Crippen LogP) is 1.17. The third kappa shape index (κ3) is 1.20. The van der Waals surface area contributed by atoms with Gasteiger partial charge in [0.2, 0.25) is 12.7 Å². The van der Waals surface area contributed by atoms with E-state index in [4.69, 9.17) is 9.47 Å². The number of carbonyl (C=O) groups is 1. The summed E-state index contributed by atoms with van der Waals surface area (Å²) in [5, 5.41) is 5.89. The lowest BCUT2D eigenvalue weighted by Gasteiger charge is -2.24. The van der Waals surface area contributed by atoms with Crippen LogP contribution >= 0.6 is 0 Å². The van der Waals surface area contributed by atoms with Crippen molar-refractivity contribution in [2.45, 2.75) is 13.0 Å². The van der Waals surface area contributed by atoms with Crippen molar-refractivity contribution in [2.75, 3.05) is 17.4 Å². The molecule has 1 unspecified atom stereocenters. The summed E-state index contributed by atoms with van der Waals surface area (Å²) >= 11 is 0. The van der Waals surface area contributed by atoms with Crippen LogP contribution in [0.1, 0.15) is 6.92 Å². The molecule has 78 valence electrons. The van der Waals surface area contributed by atoms with Crippen molar-refractivity contribution in [1.82, 2.24) is 0 Å². The second-order valence-corrected chi connectivity index (χ2v) is 3.61. The molecule has 1 aromatic rings. The van der Waals surface area contributed by atoms with Gasteiger partial charge in [0.1, 0.15) is 6.04 Å². The minimum absolute atomic E-state index is 0.0404. The SMILES string of the molecule is CC1Nc2cc3c(cc2NC1=O)OCO3. The second-order valence-electron chi connectivity index (χ2n) is 3.61. The number of anilines is 2. The lowest BCUT2D eigenvalue weighted by Crippen LogP contribution is -2.36. The smallest absolute Gasteiger partial charge is 0.246 e. The van der Waals surface area contributed by atoms with Crippen molar-refractivity contribution in [2.24, 2.45) is 0 Å². The molecule has 0 saturated carbocycles. The first-order valence-electron chi connectivity index (χ1n) is 4.75. The van der Waals surface area contributed by atoms with E-state index >= 15 is 0 Å². The number of hydrogen-bond donors (Lipinski definition) is 2.